The Kier molecular flexibility index (Phi) is 3.94. The molecule has 1 heterocycles. The molecule has 3 heteroatoms. The van der Waals surface area contributed by atoms with E-state index in [0.29, 0.717) is 0 Å². The first-order valence-corrected chi connectivity index (χ1v) is 6.00. The van der Waals surface area contributed by atoms with Crippen LogP contribution in [0.5, 0.6) is 0 Å². The fraction of sp³-hybridized carbons (Fsp3) is 0.357. The summed E-state index contributed by atoms with van der Waals surface area (Å²) in [5, 5.41) is 9.83. The number of hydrogen-bond acceptors (Lipinski definition) is 2. The highest BCUT2D eigenvalue weighted by molar-refractivity contribution is 5.96. The van der Waals surface area contributed by atoms with Crippen LogP contribution in [0.3, 0.4) is 0 Å². The molecule has 0 spiro atoms. The van der Waals surface area contributed by atoms with Gasteiger partial charge in [-0.3, -0.25) is 4.79 Å². The van der Waals surface area contributed by atoms with Crippen molar-refractivity contribution < 1.29 is 9.90 Å². The highest BCUT2D eigenvalue weighted by Gasteiger charge is 2.05. The molecule has 0 unspecified atom stereocenters. The summed E-state index contributed by atoms with van der Waals surface area (Å²) in [6.45, 7) is 1.15. The molecule has 0 amide bonds. The number of aliphatic hydroxyl groups excluding tert-OH is 1. The third-order valence-corrected chi connectivity index (χ3v) is 3.00. The first kappa shape index (κ1) is 11.9. The van der Waals surface area contributed by atoms with Gasteiger partial charge in [0.2, 0.25) is 0 Å². The minimum Gasteiger partial charge on any atom is -0.396 e. The molecule has 0 bridgehead atoms. The van der Waals surface area contributed by atoms with Crippen LogP contribution in [0.4, 0.5) is 0 Å². The van der Waals surface area contributed by atoms with E-state index in [1.807, 2.05) is 30.5 Å². The second-order valence-electron chi connectivity index (χ2n) is 4.20. The Hall–Kier alpha value is -1.61. The Morgan fingerprint density at radius 2 is 2.06 bits per heavy atom. The van der Waals surface area contributed by atoms with E-state index in [2.05, 4.69) is 4.57 Å². The van der Waals surface area contributed by atoms with Crippen molar-refractivity contribution in [1.29, 1.82) is 0 Å². The van der Waals surface area contributed by atoms with Crippen LogP contribution in [0.25, 0.3) is 10.9 Å². The standard InChI is InChI=1S/C14H17NO2/c16-10-3-1-2-8-15-9-7-12-5-4-6-13(11-17)14(12)15/h4-7,9,11,16H,1-3,8,10H2. The maximum atomic E-state index is 11.0. The van der Waals surface area contributed by atoms with Gasteiger partial charge in [0, 0.05) is 30.3 Å². The van der Waals surface area contributed by atoms with Gasteiger partial charge >= 0.3 is 0 Å². The molecule has 0 radical (unpaired) electrons. The number of para-hydroxylation sites is 1. The quantitative estimate of drug-likeness (QED) is 0.613. The highest BCUT2D eigenvalue weighted by Crippen LogP contribution is 2.19. The van der Waals surface area contributed by atoms with Crippen LogP contribution >= 0.6 is 0 Å². The van der Waals surface area contributed by atoms with Crippen LogP contribution in [-0.2, 0) is 6.54 Å². The summed E-state index contributed by atoms with van der Waals surface area (Å²) in [4.78, 5) is 11.0. The van der Waals surface area contributed by atoms with Gasteiger partial charge in [-0.1, -0.05) is 12.1 Å². The van der Waals surface area contributed by atoms with Crippen molar-refractivity contribution in [3.63, 3.8) is 0 Å². The number of nitrogens with zero attached hydrogens (tertiary/aromatic N) is 1. The van der Waals surface area contributed by atoms with E-state index in [9.17, 15) is 4.79 Å². The van der Waals surface area contributed by atoms with Crippen LogP contribution in [0.15, 0.2) is 30.5 Å². The smallest absolute Gasteiger partial charge is 0.152 e. The number of unbranched alkanes of at least 4 members (excludes halogenated alkanes) is 2. The number of hydrogen-bond donors (Lipinski definition) is 1. The van der Waals surface area contributed by atoms with Crippen molar-refractivity contribution in [2.75, 3.05) is 6.61 Å². The molecule has 1 aromatic heterocycles. The van der Waals surface area contributed by atoms with Crippen molar-refractivity contribution in [3.05, 3.63) is 36.0 Å². The molecule has 0 aliphatic heterocycles. The second-order valence-corrected chi connectivity index (χ2v) is 4.20. The van der Waals surface area contributed by atoms with E-state index in [1.54, 1.807) is 0 Å². The van der Waals surface area contributed by atoms with Crippen LogP contribution in [0.2, 0.25) is 0 Å². The van der Waals surface area contributed by atoms with Crippen molar-refractivity contribution in [3.8, 4) is 0 Å². The van der Waals surface area contributed by atoms with Crippen molar-refractivity contribution >= 4 is 17.2 Å². The molecule has 0 saturated carbocycles. The van der Waals surface area contributed by atoms with Gasteiger partial charge in [0.1, 0.15) is 0 Å². The van der Waals surface area contributed by atoms with Gasteiger partial charge < -0.3 is 9.67 Å². The van der Waals surface area contributed by atoms with E-state index < -0.39 is 0 Å². The Balaban J connectivity index is 2.19. The Morgan fingerprint density at radius 1 is 1.18 bits per heavy atom. The fourth-order valence-corrected chi connectivity index (χ4v) is 2.14. The molecule has 0 aliphatic rings. The average Bonchev–Trinajstić information content (AvgIpc) is 2.78. The third-order valence-electron chi connectivity index (χ3n) is 3.00. The fourth-order valence-electron chi connectivity index (χ4n) is 2.14. The number of rotatable bonds is 6. The molecule has 2 rings (SSSR count). The lowest BCUT2D eigenvalue weighted by molar-refractivity contribution is 0.112. The van der Waals surface area contributed by atoms with Gasteiger partial charge in [-0.25, -0.2) is 0 Å². The molecule has 0 aliphatic carbocycles. The maximum absolute atomic E-state index is 11.0. The van der Waals surface area contributed by atoms with Crippen molar-refractivity contribution in [2.24, 2.45) is 0 Å². The number of fused-ring (bicyclic) bond motifs is 1. The minimum atomic E-state index is 0.256. The largest absolute Gasteiger partial charge is 0.396 e. The van der Waals surface area contributed by atoms with E-state index in [-0.39, 0.29) is 6.61 Å². The normalized spacial score (nSPS) is 10.9. The number of carbonyl (C=O) groups excluding carboxylic acids is 1. The van der Waals surface area contributed by atoms with Gasteiger partial charge in [0.15, 0.2) is 6.29 Å². The predicted octanol–water partition coefficient (Wildman–Crippen LogP) is 2.62. The molecule has 0 atom stereocenters. The lowest BCUT2D eigenvalue weighted by atomic mass is 10.1. The molecular formula is C14H17NO2. The molecule has 17 heavy (non-hydrogen) atoms. The third kappa shape index (κ3) is 2.56. The molecule has 3 nitrogen and oxygen atoms in total. The van der Waals surface area contributed by atoms with Crippen molar-refractivity contribution in [1.82, 2.24) is 4.57 Å². The zero-order valence-electron chi connectivity index (χ0n) is 9.80. The van der Waals surface area contributed by atoms with E-state index in [1.165, 1.54) is 0 Å². The lowest BCUT2D eigenvalue weighted by Crippen LogP contribution is -1.99. The van der Waals surface area contributed by atoms with Gasteiger partial charge in [-0.05, 0) is 31.4 Å². The Bertz CT molecular complexity index is 502. The summed E-state index contributed by atoms with van der Waals surface area (Å²) in [7, 11) is 0. The zero-order valence-corrected chi connectivity index (χ0v) is 9.80. The van der Waals surface area contributed by atoms with Crippen LogP contribution in [0.1, 0.15) is 29.6 Å². The number of aliphatic hydroxyl groups is 1. The molecule has 90 valence electrons. The summed E-state index contributed by atoms with van der Waals surface area (Å²) in [6, 6.07) is 7.81. The number of benzene rings is 1. The molecule has 0 saturated heterocycles. The average molecular weight is 231 g/mol. The molecule has 1 aromatic carbocycles. The molecule has 1 N–H and O–H groups in total. The zero-order chi connectivity index (χ0) is 12.1. The summed E-state index contributed by atoms with van der Waals surface area (Å²) in [5.41, 5.74) is 1.76. The molecule has 0 fully saturated rings. The van der Waals surface area contributed by atoms with Crippen LogP contribution in [-0.4, -0.2) is 22.6 Å². The van der Waals surface area contributed by atoms with E-state index in [0.717, 1.165) is 48.6 Å². The number of carbonyl (C=O) groups is 1. The maximum Gasteiger partial charge on any atom is 0.152 e. The second kappa shape index (κ2) is 5.64. The van der Waals surface area contributed by atoms with Crippen molar-refractivity contribution in [2.45, 2.75) is 25.8 Å². The Morgan fingerprint density at radius 3 is 2.82 bits per heavy atom. The number of aryl methyl sites for hydroxylation is 1. The summed E-state index contributed by atoms with van der Waals surface area (Å²) in [5.74, 6) is 0. The van der Waals surface area contributed by atoms with Crippen LogP contribution in [0, 0.1) is 0 Å². The van der Waals surface area contributed by atoms with Crippen LogP contribution < -0.4 is 0 Å². The highest BCUT2D eigenvalue weighted by atomic mass is 16.2. The summed E-state index contributed by atoms with van der Waals surface area (Å²) >= 11 is 0. The summed E-state index contributed by atoms with van der Waals surface area (Å²) in [6.07, 6.45) is 5.82. The Labute approximate surface area is 101 Å². The van der Waals surface area contributed by atoms with Gasteiger partial charge in [0.05, 0.1) is 5.52 Å². The number of aromatic nitrogens is 1. The SMILES string of the molecule is O=Cc1cccc2ccn(CCCCCO)c12. The van der Waals surface area contributed by atoms with Gasteiger partial charge in [-0.2, -0.15) is 0 Å². The number of aldehydes is 1. The first-order valence-electron chi connectivity index (χ1n) is 6.00. The van der Waals surface area contributed by atoms with Gasteiger partial charge in [-0.15, -0.1) is 0 Å². The summed E-state index contributed by atoms with van der Waals surface area (Å²) < 4.78 is 2.12. The van der Waals surface area contributed by atoms with E-state index >= 15 is 0 Å². The topological polar surface area (TPSA) is 42.2 Å². The monoisotopic (exact) mass is 231 g/mol. The first-order chi connectivity index (χ1) is 8.36. The minimum absolute atomic E-state index is 0.256. The van der Waals surface area contributed by atoms with Gasteiger partial charge in [0.25, 0.3) is 0 Å². The predicted molar refractivity (Wildman–Crippen MR) is 68.3 cm³/mol. The van der Waals surface area contributed by atoms with E-state index in [4.69, 9.17) is 5.11 Å². The molecule has 2 aromatic rings. The molecular weight excluding hydrogens is 214 g/mol. The lowest BCUT2D eigenvalue weighted by Gasteiger charge is -2.06.